The minimum atomic E-state index is -0.415. The standard InChI is InChI=1S/C13H18FNO/c14-11-5-3-4-10(8-11)9-13(16)12-6-1-2-7-15-12/h3-5,8,12-13,15-16H,1-2,6-7,9H2. The van der Waals surface area contributed by atoms with Gasteiger partial charge in [-0.25, -0.2) is 4.39 Å². The van der Waals surface area contributed by atoms with E-state index in [1.165, 1.54) is 18.6 Å². The number of hydrogen-bond acceptors (Lipinski definition) is 2. The Balaban J connectivity index is 1.93. The molecule has 0 spiro atoms. The van der Waals surface area contributed by atoms with Gasteiger partial charge < -0.3 is 10.4 Å². The molecule has 1 aromatic carbocycles. The van der Waals surface area contributed by atoms with Crippen LogP contribution in [0.2, 0.25) is 0 Å². The highest BCUT2D eigenvalue weighted by Gasteiger charge is 2.21. The Morgan fingerprint density at radius 2 is 2.31 bits per heavy atom. The molecule has 1 aliphatic heterocycles. The van der Waals surface area contributed by atoms with Crippen LogP contribution < -0.4 is 5.32 Å². The Morgan fingerprint density at radius 1 is 1.44 bits per heavy atom. The number of nitrogens with one attached hydrogen (secondary N) is 1. The molecule has 2 N–H and O–H groups in total. The third kappa shape index (κ3) is 3.03. The zero-order valence-corrected chi connectivity index (χ0v) is 9.32. The normalized spacial score (nSPS) is 23.0. The largest absolute Gasteiger partial charge is 0.391 e. The van der Waals surface area contributed by atoms with Crippen LogP contribution in [0, 0.1) is 5.82 Å². The van der Waals surface area contributed by atoms with Crippen LogP contribution in [0.5, 0.6) is 0 Å². The first-order valence-electron chi connectivity index (χ1n) is 5.91. The van der Waals surface area contributed by atoms with Crippen LogP contribution in [0.15, 0.2) is 24.3 Å². The average Bonchev–Trinajstić information content (AvgIpc) is 2.30. The molecule has 0 aromatic heterocycles. The van der Waals surface area contributed by atoms with Crippen LogP contribution in [0.4, 0.5) is 4.39 Å². The van der Waals surface area contributed by atoms with Crippen LogP contribution in [0.3, 0.4) is 0 Å². The summed E-state index contributed by atoms with van der Waals surface area (Å²) in [4.78, 5) is 0. The lowest BCUT2D eigenvalue weighted by Gasteiger charge is -2.28. The van der Waals surface area contributed by atoms with E-state index in [9.17, 15) is 9.50 Å². The van der Waals surface area contributed by atoms with E-state index in [1.54, 1.807) is 6.07 Å². The van der Waals surface area contributed by atoms with Crippen LogP contribution in [0.1, 0.15) is 24.8 Å². The number of rotatable bonds is 3. The van der Waals surface area contributed by atoms with Gasteiger partial charge in [0.1, 0.15) is 5.82 Å². The van der Waals surface area contributed by atoms with E-state index in [1.807, 2.05) is 6.07 Å². The second-order valence-electron chi connectivity index (χ2n) is 4.46. The van der Waals surface area contributed by atoms with E-state index in [0.29, 0.717) is 6.42 Å². The quantitative estimate of drug-likeness (QED) is 0.820. The SMILES string of the molecule is OC(Cc1cccc(F)c1)C1CCCCN1. The van der Waals surface area contributed by atoms with Gasteiger partial charge in [-0.2, -0.15) is 0 Å². The molecule has 2 rings (SSSR count). The van der Waals surface area contributed by atoms with Crippen LogP contribution in [-0.4, -0.2) is 23.8 Å². The third-order valence-electron chi connectivity index (χ3n) is 3.15. The van der Waals surface area contributed by atoms with Gasteiger partial charge in [-0.3, -0.25) is 0 Å². The predicted molar refractivity (Wildman–Crippen MR) is 61.8 cm³/mol. The maximum absolute atomic E-state index is 13.0. The molecular weight excluding hydrogens is 205 g/mol. The van der Waals surface area contributed by atoms with Gasteiger partial charge in [-0.05, 0) is 43.5 Å². The fourth-order valence-electron chi connectivity index (χ4n) is 2.25. The molecule has 1 heterocycles. The van der Waals surface area contributed by atoms with Crippen molar-refractivity contribution in [3.63, 3.8) is 0 Å². The maximum Gasteiger partial charge on any atom is 0.123 e. The summed E-state index contributed by atoms with van der Waals surface area (Å²) in [5.41, 5.74) is 0.861. The Bertz CT molecular complexity index is 336. The fourth-order valence-corrected chi connectivity index (χ4v) is 2.25. The monoisotopic (exact) mass is 223 g/mol. The summed E-state index contributed by atoms with van der Waals surface area (Å²) in [6.07, 6.45) is 3.47. The van der Waals surface area contributed by atoms with Crippen molar-refractivity contribution < 1.29 is 9.50 Å². The van der Waals surface area contributed by atoms with Gasteiger partial charge in [-0.1, -0.05) is 18.6 Å². The van der Waals surface area contributed by atoms with Crippen molar-refractivity contribution in [2.45, 2.75) is 37.8 Å². The third-order valence-corrected chi connectivity index (χ3v) is 3.15. The number of benzene rings is 1. The molecule has 0 radical (unpaired) electrons. The molecule has 0 bridgehead atoms. The molecule has 1 saturated heterocycles. The van der Waals surface area contributed by atoms with Gasteiger partial charge >= 0.3 is 0 Å². The van der Waals surface area contributed by atoms with E-state index in [4.69, 9.17) is 0 Å². The molecule has 88 valence electrons. The Hall–Kier alpha value is -0.930. The molecule has 2 unspecified atom stereocenters. The van der Waals surface area contributed by atoms with Crippen molar-refractivity contribution in [1.82, 2.24) is 5.32 Å². The van der Waals surface area contributed by atoms with Gasteiger partial charge in [0.2, 0.25) is 0 Å². The van der Waals surface area contributed by atoms with Gasteiger partial charge in [0.15, 0.2) is 0 Å². The number of piperidine rings is 1. The van der Waals surface area contributed by atoms with Crippen LogP contribution in [0.25, 0.3) is 0 Å². The zero-order chi connectivity index (χ0) is 11.4. The first-order valence-corrected chi connectivity index (χ1v) is 5.91. The molecule has 1 aliphatic rings. The van der Waals surface area contributed by atoms with Gasteiger partial charge in [-0.15, -0.1) is 0 Å². The number of halogens is 1. The van der Waals surface area contributed by atoms with E-state index in [-0.39, 0.29) is 11.9 Å². The van der Waals surface area contributed by atoms with Crippen molar-refractivity contribution >= 4 is 0 Å². The predicted octanol–water partition coefficient (Wildman–Crippen LogP) is 1.87. The zero-order valence-electron chi connectivity index (χ0n) is 9.32. The molecule has 1 aromatic rings. The van der Waals surface area contributed by atoms with Crippen molar-refractivity contribution in [3.8, 4) is 0 Å². The van der Waals surface area contributed by atoms with E-state index >= 15 is 0 Å². The minimum Gasteiger partial charge on any atom is -0.391 e. The summed E-state index contributed by atoms with van der Waals surface area (Å²) in [6.45, 7) is 0.977. The Labute approximate surface area is 95.5 Å². The maximum atomic E-state index is 13.0. The van der Waals surface area contributed by atoms with Crippen LogP contribution in [-0.2, 0) is 6.42 Å². The number of aliphatic hydroxyl groups excluding tert-OH is 1. The lowest BCUT2D eigenvalue weighted by molar-refractivity contribution is 0.113. The topological polar surface area (TPSA) is 32.3 Å². The average molecular weight is 223 g/mol. The van der Waals surface area contributed by atoms with Gasteiger partial charge in [0.05, 0.1) is 6.10 Å². The first kappa shape index (κ1) is 11.6. The second-order valence-corrected chi connectivity index (χ2v) is 4.46. The first-order chi connectivity index (χ1) is 7.75. The summed E-state index contributed by atoms with van der Waals surface area (Å²) >= 11 is 0. The number of aliphatic hydroxyl groups is 1. The lowest BCUT2D eigenvalue weighted by atomic mass is 9.95. The van der Waals surface area contributed by atoms with Crippen molar-refractivity contribution in [2.75, 3.05) is 6.54 Å². The summed E-state index contributed by atoms with van der Waals surface area (Å²) in [7, 11) is 0. The van der Waals surface area contributed by atoms with E-state index in [2.05, 4.69) is 5.32 Å². The molecule has 3 heteroatoms. The highest BCUT2D eigenvalue weighted by Crippen LogP contribution is 2.14. The molecule has 16 heavy (non-hydrogen) atoms. The van der Waals surface area contributed by atoms with Crippen molar-refractivity contribution in [3.05, 3.63) is 35.6 Å². The molecule has 0 saturated carbocycles. The van der Waals surface area contributed by atoms with Gasteiger partial charge in [0.25, 0.3) is 0 Å². The second kappa shape index (κ2) is 5.41. The molecule has 0 amide bonds. The molecule has 0 aliphatic carbocycles. The summed E-state index contributed by atoms with van der Waals surface area (Å²) < 4.78 is 13.0. The summed E-state index contributed by atoms with van der Waals surface area (Å²) in [5, 5.41) is 13.3. The Kier molecular flexibility index (Phi) is 3.91. The van der Waals surface area contributed by atoms with E-state index in [0.717, 1.165) is 24.9 Å². The summed E-state index contributed by atoms with van der Waals surface area (Å²) in [5.74, 6) is -0.235. The smallest absolute Gasteiger partial charge is 0.123 e. The lowest BCUT2D eigenvalue weighted by Crippen LogP contribution is -2.44. The Morgan fingerprint density at radius 3 is 3.00 bits per heavy atom. The fraction of sp³-hybridized carbons (Fsp3) is 0.538. The highest BCUT2D eigenvalue weighted by molar-refractivity contribution is 5.17. The summed E-state index contributed by atoms with van der Waals surface area (Å²) in [6, 6.07) is 6.62. The van der Waals surface area contributed by atoms with Crippen molar-refractivity contribution in [1.29, 1.82) is 0 Å². The molecular formula is C13H18FNO. The van der Waals surface area contributed by atoms with Crippen LogP contribution >= 0.6 is 0 Å². The molecule has 2 nitrogen and oxygen atoms in total. The molecule has 2 atom stereocenters. The van der Waals surface area contributed by atoms with Gasteiger partial charge in [0, 0.05) is 6.04 Å². The number of hydrogen-bond donors (Lipinski definition) is 2. The van der Waals surface area contributed by atoms with Crippen molar-refractivity contribution in [2.24, 2.45) is 0 Å². The molecule has 1 fully saturated rings. The highest BCUT2D eigenvalue weighted by atomic mass is 19.1. The minimum absolute atomic E-state index is 0.164. The van der Waals surface area contributed by atoms with E-state index < -0.39 is 6.10 Å².